The fourth-order valence-electron chi connectivity index (χ4n) is 2.69. The van der Waals surface area contributed by atoms with Crippen molar-refractivity contribution < 1.29 is 4.74 Å². The van der Waals surface area contributed by atoms with Crippen molar-refractivity contribution in [1.29, 1.82) is 0 Å². The molecular weight excluding hydrogens is 244 g/mol. The van der Waals surface area contributed by atoms with Gasteiger partial charge in [0.05, 0.1) is 6.61 Å². The highest BCUT2D eigenvalue weighted by atomic mass is 16.5. The molecule has 0 saturated carbocycles. The number of ether oxygens (including phenoxy) is 1. The van der Waals surface area contributed by atoms with Gasteiger partial charge in [-0.3, -0.25) is 0 Å². The number of para-hydroxylation sites is 1. The largest absolute Gasteiger partial charge is 0.492 e. The van der Waals surface area contributed by atoms with Crippen LogP contribution in [0.5, 0.6) is 5.75 Å². The molecule has 0 saturated heterocycles. The van der Waals surface area contributed by atoms with Crippen molar-refractivity contribution in [2.75, 3.05) is 6.61 Å². The Morgan fingerprint density at radius 3 is 2.30 bits per heavy atom. The molecule has 2 rings (SSSR count). The van der Waals surface area contributed by atoms with E-state index in [0.717, 1.165) is 12.4 Å². The van der Waals surface area contributed by atoms with E-state index in [-0.39, 0.29) is 5.41 Å². The third-order valence-corrected chi connectivity index (χ3v) is 3.79. The van der Waals surface area contributed by atoms with Crippen molar-refractivity contribution in [2.24, 2.45) is 11.3 Å². The average molecular weight is 270 g/mol. The van der Waals surface area contributed by atoms with Crippen molar-refractivity contribution in [3.63, 3.8) is 0 Å². The van der Waals surface area contributed by atoms with E-state index >= 15 is 0 Å². The maximum Gasteiger partial charge on any atom is 0.126 e. The molecule has 1 nitrogen and oxygen atoms in total. The first-order valence-corrected chi connectivity index (χ1v) is 7.41. The molecule has 0 radical (unpaired) electrons. The van der Waals surface area contributed by atoms with Crippen molar-refractivity contribution in [3.8, 4) is 5.75 Å². The second kappa shape index (κ2) is 5.47. The summed E-state index contributed by atoms with van der Waals surface area (Å²) in [5, 5.41) is 0. The number of rotatable bonds is 3. The highest BCUT2D eigenvalue weighted by Gasteiger charge is 2.22. The Bertz CT molecular complexity index is 555. The summed E-state index contributed by atoms with van der Waals surface area (Å²) in [4.78, 5) is 0. The Balaban J connectivity index is 2.35. The van der Waals surface area contributed by atoms with E-state index in [0.29, 0.717) is 5.92 Å². The predicted molar refractivity (Wildman–Crippen MR) is 86.9 cm³/mol. The van der Waals surface area contributed by atoms with Crippen LogP contribution in [0, 0.1) is 11.3 Å². The number of allylic oxidation sites excluding steroid dienone is 4. The molecule has 0 spiro atoms. The normalized spacial score (nSPS) is 19.3. The highest BCUT2D eigenvalue weighted by molar-refractivity contribution is 5.80. The lowest BCUT2D eigenvalue weighted by Crippen LogP contribution is -2.17. The Kier molecular flexibility index (Phi) is 4.08. The third kappa shape index (κ3) is 3.15. The molecular formula is C19H26O. The second-order valence-electron chi connectivity index (χ2n) is 7.02. The van der Waals surface area contributed by atoms with Crippen LogP contribution >= 0.6 is 0 Å². The monoisotopic (exact) mass is 270 g/mol. The Hall–Kier alpha value is -1.50. The van der Waals surface area contributed by atoms with Crippen LogP contribution in [0.3, 0.4) is 0 Å². The van der Waals surface area contributed by atoms with Gasteiger partial charge in [-0.25, -0.2) is 0 Å². The molecule has 0 amide bonds. The molecule has 0 bridgehead atoms. The van der Waals surface area contributed by atoms with Gasteiger partial charge in [-0.05, 0) is 36.5 Å². The van der Waals surface area contributed by atoms with Crippen LogP contribution in [0.2, 0.25) is 0 Å². The molecule has 20 heavy (non-hydrogen) atoms. The lowest BCUT2D eigenvalue weighted by atomic mass is 9.93. The molecule has 1 aliphatic rings. The summed E-state index contributed by atoms with van der Waals surface area (Å²) < 4.78 is 6.09. The van der Waals surface area contributed by atoms with Crippen LogP contribution in [0.4, 0.5) is 0 Å². The highest BCUT2D eigenvalue weighted by Crippen LogP contribution is 2.41. The number of hydrogen-bond acceptors (Lipinski definition) is 1. The van der Waals surface area contributed by atoms with Gasteiger partial charge in [0.15, 0.2) is 0 Å². The summed E-state index contributed by atoms with van der Waals surface area (Å²) in [6.07, 6.45) is 2.34. The fourth-order valence-corrected chi connectivity index (χ4v) is 2.69. The SMILES string of the molecule is CC1=CC(C)C(c2ccccc2OCC(C)(C)C)=C1C. The number of hydrogen-bond donors (Lipinski definition) is 0. The molecule has 1 unspecified atom stereocenters. The van der Waals surface area contributed by atoms with Gasteiger partial charge in [0.2, 0.25) is 0 Å². The second-order valence-corrected chi connectivity index (χ2v) is 7.02. The molecule has 0 aromatic heterocycles. The third-order valence-electron chi connectivity index (χ3n) is 3.79. The standard InChI is InChI=1S/C19H26O/c1-13-11-14(2)18(15(13)3)16-9-7-8-10-17(16)20-12-19(4,5)6/h7-11,14H,12H2,1-6H3. The fraction of sp³-hybridized carbons (Fsp3) is 0.474. The smallest absolute Gasteiger partial charge is 0.126 e. The van der Waals surface area contributed by atoms with Gasteiger partial charge in [-0.15, -0.1) is 0 Å². The minimum atomic E-state index is 0.173. The van der Waals surface area contributed by atoms with E-state index in [1.165, 1.54) is 22.3 Å². The van der Waals surface area contributed by atoms with Gasteiger partial charge in [-0.2, -0.15) is 0 Å². The molecule has 0 heterocycles. The lowest BCUT2D eigenvalue weighted by Gasteiger charge is -2.22. The quantitative estimate of drug-likeness (QED) is 0.706. The van der Waals surface area contributed by atoms with Gasteiger partial charge in [-0.1, -0.05) is 57.5 Å². The Morgan fingerprint density at radius 1 is 1.10 bits per heavy atom. The topological polar surface area (TPSA) is 9.23 Å². The minimum Gasteiger partial charge on any atom is -0.492 e. The van der Waals surface area contributed by atoms with E-state index < -0.39 is 0 Å². The molecule has 1 heteroatoms. The maximum atomic E-state index is 6.09. The average Bonchev–Trinajstić information content (AvgIpc) is 2.60. The molecule has 0 fully saturated rings. The summed E-state index contributed by atoms with van der Waals surface area (Å²) in [7, 11) is 0. The molecule has 1 aliphatic carbocycles. The molecule has 0 N–H and O–H groups in total. The first-order chi connectivity index (χ1) is 9.29. The van der Waals surface area contributed by atoms with Crippen LogP contribution in [0.1, 0.15) is 47.1 Å². The van der Waals surface area contributed by atoms with E-state index in [2.05, 4.69) is 71.9 Å². The van der Waals surface area contributed by atoms with Gasteiger partial charge in [0, 0.05) is 11.5 Å². The molecule has 1 aromatic rings. The van der Waals surface area contributed by atoms with Crippen molar-refractivity contribution >= 4 is 5.57 Å². The first-order valence-electron chi connectivity index (χ1n) is 7.41. The molecule has 1 atom stereocenters. The van der Waals surface area contributed by atoms with E-state index in [4.69, 9.17) is 4.74 Å². The predicted octanol–water partition coefficient (Wildman–Crippen LogP) is 5.48. The van der Waals surface area contributed by atoms with E-state index in [1.807, 2.05) is 0 Å². The van der Waals surface area contributed by atoms with Crippen molar-refractivity contribution in [1.82, 2.24) is 0 Å². The zero-order chi connectivity index (χ0) is 14.9. The zero-order valence-electron chi connectivity index (χ0n) is 13.6. The van der Waals surface area contributed by atoms with Crippen molar-refractivity contribution in [2.45, 2.75) is 41.5 Å². The van der Waals surface area contributed by atoms with Gasteiger partial charge in [0.1, 0.15) is 5.75 Å². The van der Waals surface area contributed by atoms with E-state index in [9.17, 15) is 0 Å². The van der Waals surface area contributed by atoms with Crippen LogP contribution in [-0.2, 0) is 0 Å². The van der Waals surface area contributed by atoms with Gasteiger partial charge in [0.25, 0.3) is 0 Å². The first kappa shape index (κ1) is 14.9. The van der Waals surface area contributed by atoms with Crippen LogP contribution in [-0.4, -0.2) is 6.61 Å². The summed E-state index contributed by atoms with van der Waals surface area (Å²) in [6, 6.07) is 8.42. The van der Waals surface area contributed by atoms with Gasteiger partial charge >= 0.3 is 0 Å². The van der Waals surface area contributed by atoms with Crippen molar-refractivity contribution in [3.05, 3.63) is 47.1 Å². The molecule has 1 aromatic carbocycles. The maximum absolute atomic E-state index is 6.09. The number of benzene rings is 1. The molecule has 108 valence electrons. The lowest BCUT2D eigenvalue weighted by molar-refractivity contribution is 0.197. The van der Waals surface area contributed by atoms with Gasteiger partial charge < -0.3 is 4.74 Å². The zero-order valence-corrected chi connectivity index (χ0v) is 13.6. The summed E-state index contributed by atoms with van der Waals surface area (Å²) in [5.41, 5.74) is 5.61. The van der Waals surface area contributed by atoms with E-state index in [1.54, 1.807) is 0 Å². The van der Waals surface area contributed by atoms with Crippen LogP contribution in [0.25, 0.3) is 5.57 Å². The summed E-state index contributed by atoms with van der Waals surface area (Å²) in [5.74, 6) is 1.47. The van der Waals surface area contributed by atoms with Crippen LogP contribution < -0.4 is 4.74 Å². The Morgan fingerprint density at radius 2 is 1.75 bits per heavy atom. The molecule has 0 aliphatic heterocycles. The summed E-state index contributed by atoms with van der Waals surface area (Å²) >= 11 is 0. The minimum absolute atomic E-state index is 0.173. The summed E-state index contributed by atoms with van der Waals surface area (Å²) in [6.45, 7) is 14.0. The van der Waals surface area contributed by atoms with Crippen LogP contribution in [0.15, 0.2) is 41.5 Å². The Labute approximate surface area is 123 Å².